The standard InChI is InChI=1S/C13H25NO2/c1-4-11-6-5-7-12(9-11)14-10(2)8-13(15)16-3/h10-12,14H,4-9H2,1-3H3. The van der Waals surface area contributed by atoms with E-state index in [1.54, 1.807) is 0 Å². The second kappa shape index (κ2) is 6.89. The van der Waals surface area contributed by atoms with E-state index in [4.69, 9.17) is 0 Å². The SMILES string of the molecule is CCC1CCCC(NC(C)CC(=O)OC)C1. The van der Waals surface area contributed by atoms with Crippen molar-refractivity contribution >= 4 is 5.97 Å². The van der Waals surface area contributed by atoms with Crippen LogP contribution in [0.1, 0.15) is 52.4 Å². The van der Waals surface area contributed by atoms with Gasteiger partial charge in [0.15, 0.2) is 0 Å². The van der Waals surface area contributed by atoms with Gasteiger partial charge in [0, 0.05) is 12.1 Å². The summed E-state index contributed by atoms with van der Waals surface area (Å²) in [5, 5.41) is 3.55. The summed E-state index contributed by atoms with van der Waals surface area (Å²) in [4.78, 5) is 11.1. The molecule has 1 fully saturated rings. The molecule has 0 spiro atoms. The van der Waals surface area contributed by atoms with E-state index in [9.17, 15) is 4.79 Å². The monoisotopic (exact) mass is 227 g/mol. The van der Waals surface area contributed by atoms with Gasteiger partial charge in [-0.1, -0.05) is 26.2 Å². The largest absolute Gasteiger partial charge is 0.469 e. The highest BCUT2D eigenvalue weighted by Gasteiger charge is 2.22. The van der Waals surface area contributed by atoms with Gasteiger partial charge < -0.3 is 10.1 Å². The lowest BCUT2D eigenvalue weighted by atomic mass is 9.84. The van der Waals surface area contributed by atoms with E-state index in [1.807, 2.05) is 0 Å². The fraction of sp³-hybridized carbons (Fsp3) is 0.923. The molecule has 3 atom stereocenters. The Bertz CT molecular complexity index is 218. The summed E-state index contributed by atoms with van der Waals surface area (Å²) in [5.41, 5.74) is 0. The summed E-state index contributed by atoms with van der Waals surface area (Å²) in [6.07, 6.45) is 6.97. The van der Waals surface area contributed by atoms with Gasteiger partial charge in [0.2, 0.25) is 0 Å². The lowest BCUT2D eigenvalue weighted by molar-refractivity contribution is -0.141. The Kier molecular flexibility index (Phi) is 5.81. The molecule has 0 aromatic heterocycles. The van der Waals surface area contributed by atoms with Gasteiger partial charge in [-0.2, -0.15) is 0 Å². The quantitative estimate of drug-likeness (QED) is 0.733. The number of rotatable bonds is 5. The van der Waals surface area contributed by atoms with E-state index < -0.39 is 0 Å². The minimum atomic E-state index is -0.122. The van der Waals surface area contributed by atoms with Crippen LogP contribution < -0.4 is 5.32 Å². The number of ether oxygens (including phenoxy) is 1. The minimum Gasteiger partial charge on any atom is -0.469 e. The molecule has 0 aromatic rings. The fourth-order valence-corrected chi connectivity index (χ4v) is 2.61. The van der Waals surface area contributed by atoms with Crippen molar-refractivity contribution in [1.29, 1.82) is 0 Å². The third kappa shape index (κ3) is 4.52. The van der Waals surface area contributed by atoms with Crippen molar-refractivity contribution in [3.8, 4) is 0 Å². The van der Waals surface area contributed by atoms with Crippen LogP contribution in [-0.4, -0.2) is 25.2 Å². The number of carbonyl (C=O) groups is 1. The van der Waals surface area contributed by atoms with E-state index in [1.165, 1.54) is 39.2 Å². The lowest BCUT2D eigenvalue weighted by Gasteiger charge is -2.31. The fourth-order valence-electron chi connectivity index (χ4n) is 2.61. The average Bonchev–Trinajstić information content (AvgIpc) is 2.28. The Morgan fingerprint density at radius 3 is 2.88 bits per heavy atom. The van der Waals surface area contributed by atoms with Crippen molar-refractivity contribution < 1.29 is 9.53 Å². The first-order chi connectivity index (χ1) is 7.65. The number of esters is 1. The van der Waals surface area contributed by atoms with Crippen molar-refractivity contribution in [3.63, 3.8) is 0 Å². The zero-order valence-corrected chi connectivity index (χ0v) is 10.8. The van der Waals surface area contributed by atoms with E-state index in [-0.39, 0.29) is 12.0 Å². The van der Waals surface area contributed by atoms with Crippen LogP contribution in [0.25, 0.3) is 0 Å². The van der Waals surface area contributed by atoms with Crippen LogP contribution in [-0.2, 0) is 9.53 Å². The molecule has 0 bridgehead atoms. The Hall–Kier alpha value is -0.570. The molecule has 94 valence electrons. The smallest absolute Gasteiger partial charge is 0.307 e. The number of hydrogen-bond donors (Lipinski definition) is 1. The van der Waals surface area contributed by atoms with Gasteiger partial charge in [-0.3, -0.25) is 4.79 Å². The Balaban J connectivity index is 2.27. The van der Waals surface area contributed by atoms with Crippen molar-refractivity contribution in [2.45, 2.75) is 64.5 Å². The first kappa shape index (κ1) is 13.5. The predicted octanol–water partition coefficient (Wildman–Crippen LogP) is 2.50. The summed E-state index contributed by atoms with van der Waals surface area (Å²) in [5.74, 6) is 0.749. The molecule has 1 N–H and O–H groups in total. The number of hydrogen-bond acceptors (Lipinski definition) is 3. The Morgan fingerprint density at radius 1 is 1.50 bits per heavy atom. The van der Waals surface area contributed by atoms with Crippen molar-refractivity contribution in [2.75, 3.05) is 7.11 Å². The second-order valence-corrected chi connectivity index (χ2v) is 4.99. The van der Waals surface area contributed by atoms with Crippen LogP contribution in [0.5, 0.6) is 0 Å². The van der Waals surface area contributed by atoms with Gasteiger partial charge in [0.1, 0.15) is 0 Å². The Labute approximate surface area is 98.9 Å². The topological polar surface area (TPSA) is 38.3 Å². The molecule has 1 aliphatic carbocycles. The van der Waals surface area contributed by atoms with E-state index in [0.717, 1.165) is 5.92 Å². The van der Waals surface area contributed by atoms with Crippen LogP contribution in [0.2, 0.25) is 0 Å². The summed E-state index contributed by atoms with van der Waals surface area (Å²) >= 11 is 0. The van der Waals surface area contributed by atoms with Gasteiger partial charge in [0.05, 0.1) is 13.5 Å². The molecule has 16 heavy (non-hydrogen) atoms. The molecule has 0 radical (unpaired) electrons. The second-order valence-electron chi connectivity index (χ2n) is 4.99. The highest BCUT2D eigenvalue weighted by Crippen LogP contribution is 2.26. The van der Waals surface area contributed by atoms with Crippen molar-refractivity contribution in [3.05, 3.63) is 0 Å². The number of nitrogens with one attached hydrogen (secondary N) is 1. The molecular formula is C13H25NO2. The minimum absolute atomic E-state index is 0.122. The molecular weight excluding hydrogens is 202 g/mol. The van der Waals surface area contributed by atoms with Gasteiger partial charge in [0.25, 0.3) is 0 Å². The van der Waals surface area contributed by atoms with E-state index >= 15 is 0 Å². The molecule has 1 rings (SSSR count). The molecule has 0 heterocycles. The maximum Gasteiger partial charge on any atom is 0.307 e. The molecule has 1 saturated carbocycles. The zero-order valence-electron chi connectivity index (χ0n) is 10.8. The maximum absolute atomic E-state index is 11.1. The van der Waals surface area contributed by atoms with E-state index in [0.29, 0.717) is 12.5 Å². The van der Waals surface area contributed by atoms with E-state index in [2.05, 4.69) is 23.9 Å². The third-order valence-corrected chi connectivity index (χ3v) is 3.58. The molecule has 1 aliphatic rings. The van der Waals surface area contributed by atoms with Crippen molar-refractivity contribution in [2.24, 2.45) is 5.92 Å². The summed E-state index contributed by atoms with van der Waals surface area (Å²) in [7, 11) is 1.45. The van der Waals surface area contributed by atoms with Crippen LogP contribution >= 0.6 is 0 Å². The van der Waals surface area contributed by atoms with Crippen molar-refractivity contribution in [1.82, 2.24) is 5.32 Å². The van der Waals surface area contributed by atoms with Crippen LogP contribution in [0, 0.1) is 5.92 Å². The summed E-state index contributed by atoms with van der Waals surface area (Å²) < 4.78 is 4.67. The van der Waals surface area contributed by atoms with Gasteiger partial charge in [-0.25, -0.2) is 0 Å². The average molecular weight is 227 g/mol. The molecule has 0 aromatic carbocycles. The number of methoxy groups -OCH3 is 1. The lowest BCUT2D eigenvalue weighted by Crippen LogP contribution is -2.40. The molecule has 0 amide bonds. The molecule has 0 aliphatic heterocycles. The van der Waals surface area contributed by atoms with Gasteiger partial charge in [-0.05, 0) is 25.7 Å². The highest BCUT2D eigenvalue weighted by atomic mass is 16.5. The molecule has 0 saturated heterocycles. The molecule has 3 nitrogen and oxygen atoms in total. The molecule has 3 heteroatoms. The zero-order chi connectivity index (χ0) is 12.0. The van der Waals surface area contributed by atoms with Gasteiger partial charge >= 0.3 is 5.97 Å². The third-order valence-electron chi connectivity index (χ3n) is 3.58. The Morgan fingerprint density at radius 2 is 2.25 bits per heavy atom. The highest BCUT2D eigenvalue weighted by molar-refractivity contribution is 5.69. The number of carbonyl (C=O) groups excluding carboxylic acids is 1. The van der Waals surface area contributed by atoms with Crippen LogP contribution in [0.15, 0.2) is 0 Å². The summed E-state index contributed by atoms with van der Waals surface area (Å²) in [6, 6.07) is 0.825. The maximum atomic E-state index is 11.1. The first-order valence-electron chi connectivity index (χ1n) is 6.48. The predicted molar refractivity (Wildman–Crippen MR) is 65.3 cm³/mol. The van der Waals surface area contributed by atoms with Gasteiger partial charge in [-0.15, -0.1) is 0 Å². The van der Waals surface area contributed by atoms with Crippen LogP contribution in [0.4, 0.5) is 0 Å². The molecule has 3 unspecified atom stereocenters. The summed E-state index contributed by atoms with van der Waals surface area (Å²) in [6.45, 7) is 4.33. The first-order valence-corrected chi connectivity index (χ1v) is 6.48. The van der Waals surface area contributed by atoms with Crippen LogP contribution in [0.3, 0.4) is 0 Å². The normalized spacial score (nSPS) is 27.4.